The molecule has 1 unspecified atom stereocenters. The van der Waals surface area contributed by atoms with E-state index in [1.54, 1.807) is 6.07 Å². The third-order valence-corrected chi connectivity index (χ3v) is 3.59. The third-order valence-electron chi connectivity index (χ3n) is 3.59. The Labute approximate surface area is 120 Å². The van der Waals surface area contributed by atoms with Crippen LogP contribution >= 0.6 is 0 Å². The molecule has 5 heteroatoms. The lowest BCUT2D eigenvalue weighted by Crippen LogP contribution is -2.49. The van der Waals surface area contributed by atoms with E-state index >= 15 is 0 Å². The number of morpholine rings is 1. The first kappa shape index (κ1) is 15.1. The van der Waals surface area contributed by atoms with Crippen LogP contribution in [0.5, 0.6) is 0 Å². The Kier molecular flexibility index (Phi) is 5.61. The van der Waals surface area contributed by atoms with Gasteiger partial charge in [0.1, 0.15) is 6.26 Å². The predicted octanol–water partition coefficient (Wildman–Crippen LogP) is 1.76. The van der Waals surface area contributed by atoms with Gasteiger partial charge in [0.15, 0.2) is 0 Å². The number of hydrogen-bond acceptors (Lipinski definition) is 4. The van der Waals surface area contributed by atoms with Gasteiger partial charge in [-0.2, -0.15) is 0 Å². The molecule has 20 heavy (non-hydrogen) atoms. The molecule has 0 spiro atoms. The zero-order valence-electron chi connectivity index (χ0n) is 12.3. The highest BCUT2D eigenvalue weighted by Gasteiger charge is 2.22. The van der Waals surface area contributed by atoms with Crippen molar-refractivity contribution in [2.45, 2.75) is 26.3 Å². The summed E-state index contributed by atoms with van der Waals surface area (Å²) in [4.78, 5) is 14.4. The molecule has 1 aliphatic rings. The van der Waals surface area contributed by atoms with Crippen LogP contribution < -0.4 is 5.32 Å². The van der Waals surface area contributed by atoms with Crippen molar-refractivity contribution in [1.82, 2.24) is 10.2 Å². The molecule has 1 aromatic heterocycles. The molecule has 1 N–H and O–H groups in total. The van der Waals surface area contributed by atoms with E-state index in [9.17, 15) is 4.79 Å². The number of nitrogens with one attached hydrogen (secondary N) is 1. The Balaban J connectivity index is 1.88. The molecule has 1 amide bonds. The molecule has 2 heterocycles. The third kappa shape index (κ3) is 4.35. The van der Waals surface area contributed by atoms with E-state index in [4.69, 9.17) is 9.15 Å². The van der Waals surface area contributed by atoms with Gasteiger partial charge in [-0.15, -0.1) is 0 Å². The van der Waals surface area contributed by atoms with Gasteiger partial charge in [-0.1, -0.05) is 13.8 Å². The number of amides is 1. The smallest absolute Gasteiger partial charge is 0.254 e. The van der Waals surface area contributed by atoms with Crippen molar-refractivity contribution >= 4 is 5.91 Å². The van der Waals surface area contributed by atoms with Crippen molar-refractivity contribution in [3.05, 3.63) is 24.2 Å². The fourth-order valence-corrected chi connectivity index (χ4v) is 2.55. The lowest BCUT2D eigenvalue weighted by atomic mass is 10.0. The van der Waals surface area contributed by atoms with Gasteiger partial charge in [0, 0.05) is 25.7 Å². The number of nitrogens with zero attached hydrogens (tertiary/aromatic N) is 1. The van der Waals surface area contributed by atoms with Crippen molar-refractivity contribution in [3.63, 3.8) is 0 Å². The monoisotopic (exact) mass is 280 g/mol. The molecule has 0 saturated carbocycles. The van der Waals surface area contributed by atoms with Gasteiger partial charge in [-0.3, -0.25) is 9.69 Å². The average Bonchev–Trinajstić information content (AvgIpc) is 2.98. The average molecular weight is 280 g/mol. The molecule has 1 aromatic rings. The summed E-state index contributed by atoms with van der Waals surface area (Å²) in [6, 6.07) is 2.05. The minimum Gasteiger partial charge on any atom is -0.472 e. The highest BCUT2D eigenvalue weighted by Crippen LogP contribution is 2.13. The highest BCUT2D eigenvalue weighted by molar-refractivity contribution is 5.93. The second kappa shape index (κ2) is 7.45. The van der Waals surface area contributed by atoms with Crippen LogP contribution in [0.25, 0.3) is 0 Å². The van der Waals surface area contributed by atoms with Crippen molar-refractivity contribution in [1.29, 1.82) is 0 Å². The number of carbonyl (C=O) groups is 1. The molecular weight excluding hydrogens is 256 g/mol. The molecule has 0 aliphatic carbocycles. The van der Waals surface area contributed by atoms with Crippen LogP contribution in [0.15, 0.2) is 23.0 Å². The summed E-state index contributed by atoms with van der Waals surface area (Å²) in [5, 5.41) is 3.01. The molecule has 1 fully saturated rings. The zero-order valence-corrected chi connectivity index (χ0v) is 12.3. The summed E-state index contributed by atoms with van der Waals surface area (Å²) >= 11 is 0. The molecule has 112 valence electrons. The maximum atomic E-state index is 12.0. The maximum absolute atomic E-state index is 12.0. The Morgan fingerprint density at radius 3 is 2.75 bits per heavy atom. The second-order valence-electron chi connectivity index (χ2n) is 5.65. The largest absolute Gasteiger partial charge is 0.472 e. The van der Waals surface area contributed by atoms with E-state index in [1.807, 2.05) is 0 Å². The van der Waals surface area contributed by atoms with Gasteiger partial charge in [0.25, 0.3) is 5.91 Å². The first-order chi connectivity index (χ1) is 9.66. The lowest BCUT2D eigenvalue weighted by Gasteiger charge is -2.35. The van der Waals surface area contributed by atoms with E-state index in [0.717, 1.165) is 32.7 Å². The summed E-state index contributed by atoms with van der Waals surface area (Å²) in [6.07, 6.45) is 4.07. The molecule has 1 aliphatic heterocycles. The molecule has 2 rings (SSSR count). The number of hydrogen-bond donors (Lipinski definition) is 1. The van der Waals surface area contributed by atoms with Gasteiger partial charge in [-0.05, 0) is 18.4 Å². The summed E-state index contributed by atoms with van der Waals surface area (Å²) in [6.45, 7) is 8.55. The second-order valence-corrected chi connectivity index (χ2v) is 5.65. The SMILES string of the molecule is CC(C)CC(CNC(=O)c1ccoc1)N1CCOCC1. The molecule has 0 radical (unpaired) electrons. The standard InChI is InChI=1S/C15H24N2O3/c1-12(2)9-14(17-4-7-19-8-5-17)10-16-15(18)13-3-6-20-11-13/h3,6,11-12,14H,4-5,7-10H2,1-2H3,(H,16,18). The Hall–Kier alpha value is -1.33. The Morgan fingerprint density at radius 2 is 2.15 bits per heavy atom. The van der Waals surface area contributed by atoms with Gasteiger partial charge in [-0.25, -0.2) is 0 Å². The fraction of sp³-hybridized carbons (Fsp3) is 0.667. The number of furan rings is 1. The first-order valence-electron chi connectivity index (χ1n) is 7.29. The van der Waals surface area contributed by atoms with Crippen LogP contribution in [-0.4, -0.2) is 49.7 Å². The van der Waals surface area contributed by atoms with E-state index in [2.05, 4.69) is 24.1 Å². The minimum atomic E-state index is -0.0687. The molecule has 5 nitrogen and oxygen atoms in total. The van der Waals surface area contributed by atoms with E-state index in [0.29, 0.717) is 24.1 Å². The van der Waals surface area contributed by atoms with E-state index in [-0.39, 0.29) is 5.91 Å². The van der Waals surface area contributed by atoms with Crippen LogP contribution in [0.4, 0.5) is 0 Å². The molecule has 0 bridgehead atoms. The number of rotatable bonds is 6. The van der Waals surface area contributed by atoms with Crippen molar-refractivity contribution in [2.75, 3.05) is 32.8 Å². The number of ether oxygens (including phenoxy) is 1. The molecule has 1 atom stereocenters. The Bertz CT molecular complexity index is 397. The van der Waals surface area contributed by atoms with Crippen molar-refractivity contribution in [3.8, 4) is 0 Å². The predicted molar refractivity (Wildman–Crippen MR) is 76.7 cm³/mol. The zero-order chi connectivity index (χ0) is 14.4. The quantitative estimate of drug-likeness (QED) is 0.862. The molecular formula is C15H24N2O3. The van der Waals surface area contributed by atoms with Gasteiger partial charge < -0.3 is 14.5 Å². The van der Waals surface area contributed by atoms with E-state index < -0.39 is 0 Å². The maximum Gasteiger partial charge on any atom is 0.254 e. The highest BCUT2D eigenvalue weighted by atomic mass is 16.5. The van der Waals surface area contributed by atoms with Crippen LogP contribution in [0.2, 0.25) is 0 Å². The number of carbonyl (C=O) groups excluding carboxylic acids is 1. The summed E-state index contributed by atoms with van der Waals surface area (Å²) in [7, 11) is 0. The van der Waals surface area contributed by atoms with Crippen LogP contribution in [0, 0.1) is 5.92 Å². The van der Waals surface area contributed by atoms with E-state index in [1.165, 1.54) is 12.5 Å². The van der Waals surface area contributed by atoms with Crippen molar-refractivity contribution in [2.24, 2.45) is 5.92 Å². The normalized spacial score (nSPS) is 18.1. The first-order valence-corrected chi connectivity index (χ1v) is 7.29. The topological polar surface area (TPSA) is 54.7 Å². The van der Waals surface area contributed by atoms with Gasteiger partial charge in [0.05, 0.1) is 25.0 Å². The minimum absolute atomic E-state index is 0.0687. The van der Waals surface area contributed by atoms with Crippen LogP contribution in [0.1, 0.15) is 30.6 Å². The lowest BCUT2D eigenvalue weighted by molar-refractivity contribution is 0.0124. The van der Waals surface area contributed by atoms with Crippen molar-refractivity contribution < 1.29 is 13.9 Å². The summed E-state index contributed by atoms with van der Waals surface area (Å²) < 4.78 is 10.3. The summed E-state index contributed by atoms with van der Waals surface area (Å²) in [5.41, 5.74) is 0.579. The van der Waals surface area contributed by atoms with Gasteiger partial charge in [0.2, 0.25) is 0 Å². The van der Waals surface area contributed by atoms with Crippen LogP contribution in [0.3, 0.4) is 0 Å². The fourth-order valence-electron chi connectivity index (χ4n) is 2.55. The molecule has 0 aromatic carbocycles. The van der Waals surface area contributed by atoms with Gasteiger partial charge >= 0.3 is 0 Å². The molecule has 1 saturated heterocycles. The Morgan fingerprint density at radius 1 is 1.40 bits per heavy atom. The summed E-state index contributed by atoms with van der Waals surface area (Å²) in [5.74, 6) is 0.537. The van der Waals surface area contributed by atoms with Crippen LogP contribution in [-0.2, 0) is 4.74 Å².